The van der Waals surface area contributed by atoms with Crippen LogP contribution in [0.25, 0.3) is 0 Å². The Kier molecular flexibility index (Phi) is 5.51. The summed E-state index contributed by atoms with van der Waals surface area (Å²) in [6.45, 7) is 1.23. The van der Waals surface area contributed by atoms with Gasteiger partial charge in [0.2, 0.25) is 0 Å². The number of aromatic carboxylic acids is 1. The first-order chi connectivity index (χ1) is 12.6. The zero-order valence-corrected chi connectivity index (χ0v) is 14.5. The maximum Gasteiger partial charge on any atom is 0.337 e. The first kappa shape index (κ1) is 17.9. The van der Waals surface area contributed by atoms with Crippen LogP contribution in [0.1, 0.15) is 36.0 Å². The van der Waals surface area contributed by atoms with E-state index >= 15 is 0 Å². The maximum absolute atomic E-state index is 11.9. The largest absolute Gasteiger partial charge is 0.478 e. The summed E-state index contributed by atoms with van der Waals surface area (Å²) in [5.41, 5.74) is 1.59. The molecule has 1 aliphatic heterocycles. The van der Waals surface area contributed by atoms with Crippen molar-refractivity contribution in [3.8, 4) is 0 Å². The molecule has 1 aromatic carbocycles. The molecule has 2 aliphatic rings. The number of carbonyl (C=O) groups is 2. The van der Waals surface area contributed by atoms with E-state index in [1.165, 1.54) is 0 Å². The predicted octanol–water partition coefficient (Wildman–Crippen LogP) is 3.16. The quantitative estimate of drug-likeness (QED) is 0.870. The van der Waals surface area contributed by atoms with E-state index in [0.29, 0.717) is 24.5 Å². The fourth-order valence-corrected chi connectivity index (χ4v) is 3.50. The molecule has 0 fully saturated rings. The lowest BCUT2D eigenvalue weighted by atomic mass is 9.93. The molecule has 1 unspecified atom stereocenters. The van der Waals surface area contributed by atoms with E-state index in [9.17, 15) is 19.8 Å². The first-order valence-corrected chi connectivity index (χ1v) is 8.84. The molecule has 26 heavy (non-hydrogen) atoms. The third-order valence-corrected chi connectivity index (χ3v) is 4.72. The van der Waals surface area contributed by atoms with Crippen LogP contribution in [-0.4, -0.2) is 47.0 Å². The van der Waals surface area contributed by atoms with Crippen molar-refractivity contribution in [3.05, 3.63) is 53.6 Å². The van der Waals surface area contributed by atoms with Crippen LogP contribution in [-0.2, 0) is 4.79 Å². The SMILES string of the molecule is O=C(O)C1=CC=CC2=NCCCCCCN(c3ccccc3C(=O)O)C12. The molecule has 1 heterocycles. The lowest BCUT2D eigenvalue weighted by Gasteiger charge is -2.36. The molecule has 0 bridgehead atoms. The van der Waals surface area contributed by atoms with Crippen LogP contribution in [0.4, 0.5) is 5.69 Å². The van der Waals surface area contributed by atoms with Gasteiger partial charge in [0.1, 0.15) is 6.04 Å². The van der Waals surface area contributed by atoms with Crippen molar-refractivity contribution < 1.29 is 19.8 Å². The zero-order valence-electron chi connectivity index (χ0n) is 14.5. The van der Waals surface area contributed by atoms with Crippen molar-refractivity contribution in [1.82, 2.24) is 0 Å². The summed E-state index contributed by atoms with van der Waals surface area (Å²) in [5.74, 6) is -2.04. The first-order valence-electron chi connectivity index (χ1n) is 8.84. The molecule has 2 N–H and O–H groups in total. The number of rotatable bonds is 3. The summed E-state index contributed by atoms with van der Waals surface area (Å²) in [5, 5.41) is 19.3. The Bertz CT molecular complexity index is 795. The highest BCUT2D eigenvalue weighted by molar-refractivity contribution is 6.11. The number of aliphatic imine (C=N–C) groups is 1. The van der Waals surface area contributed by atoms with E-state index in [1.807, 2.05) is 11.0 Å². The van der Waals surface area contributed by atoms with Crippen molar-refractivity contribution in [2.45, 2.75) is 31.7 Å². The predicted molar refractivity (Wildman–Crippen MR) is 100 cm³/mol. The molecule has 1 aliphatic carbocycles. The average Bonchev–Trinajstić information content (AvgIpc) is 2.64. The van der Waals surface area contributed by atoms with Crippen LogP contribution >= 0.6 is 0 Å². The van der Waals surface area contributed by atoms with Crippen molar-refractivity contribution in [1.29, 1.82) is 0 Å². The zero-order chi connectivity index (χ0) is 18.5. The second-order valence-electron chi connectivity index (χ2n) is 6.43. The van der Waals surface area contributed by atoms with Crippen LogP contribution in [0.3, 0.4) is 0 Å². The summed E-state index contributed by atoms with van der Waals surface area (Å²) in [4.78, 5) is 30.1. The van der Waals surface area contributed by atoms with Crippen LogP contribution < -0.4 is 4.90 Å². The van der Waals surface area contributed by atoms with Crippen LogP contribution in [0.15, 0.2) is 53.1 Å². The van der Waals surface area contributed by atoms with Crippen molar-refractivity contribution in [3.63, 3.8) is 0 Å². The van der Waals surface area contributed by atoms with Gasteiger partial charge in [0.05, 0.1) is 22.5 Å². The number of fused-ring (bicyclic) bond motifs is 1. The second-order valence-corrected chi connectivity index (χ2v) is 6.43. The molecule has 0 radical (unpaired) electrons. The average molecular weight is 354 g/mol. The van der Waals surface area contributed by atoms with Gasteiger partial charge in [-0.05, 0) is 37.1 Å². The van der Waals surface area contributed by atoms with E-state index < -0.39 is 18.0 Å². The molecular weight excluding hydrogens is 332 g/mol. The van der Waals surface area contributed by atoms with Gasteiger partial charge in [-0.25, -0.2) is 9.59 Å². The van der Waals surface area contributed by atoms with Crippen LogP contribution in [0.2, 0.25) is 0 Å². The highest BCUT2D eigenvalue weighted by atomic mass is 16.4. The van der Waals surface area contributed by atoms with Gasteiger partial charge in [0, 0.05) is 13.1 Å². The molecule has 6 heteroatoms. The molecule has 6 nitrogen and oxygen atoms in total. The van der Waals surface area contributed by atoms with Gasteiger partial charge in [-0.2, -0.15) is 0 Å². The van der Waals surface area contributed by atoms with Crippen molar-refractivity contribution in [2.75, 3.05) is 18.0 Å². The molecular formula is C20H22N2O4. The Labute approximate surface area is 152 Å². The van der Waals surface area contributed by atoms with Gasteiger partial charge >= 0.3 is 11.9 Å². The van der Waals surface area contributed by atoms with E-state index in [-0.39, 0.29) is 11.1 Å². The molecule has 0 saturated carbocycles. The number of benzene rings is 1. The van der Waals surface area contributed by atoms with Crippen LogP contribution in [0, 0.1) is 0 Å². The fraction of sp³-hybridized carbons (Fsp3) is 0.350. The fourth-order valence-electron chi connectivity index (χ4n) is 3.50. The number of hydrogen-bond acceptors (Lipinski definition) is 4. The highest BCUT2D eigenvalue weighted by Gasteiger charge is 2.33. The van der Waals surface area contributed by atoms with Crippen molar-refractivity contribution in [2.24, 2.45) is 4.99 Å². The summed E-state index contributed by atoms with van der Waals surface area (Å²) < 4.78 is 0. The number of hydrogen-bond donors (Lipinski definition) is 2. The van der Waals surface area contributed by atoms with E-state index in [4.69, 9.17) is 0 Å². The Morgan fingerprint density at radius 1 is 1.04 bits per heavy atom. The molecule has 0 saturated heterocycles. The Balaban J connectivity index is 2.14. The third kappa shape index (κ3) is 3.69. The smallest absolute Gasteiger partial charge is 0.337 e. The molecule has 1 atom stereocenters. The highest BCUT2D eigenvalue weighted by Crippen LogP contribution is 2.29. The van der Waals surface area contributed by atoms with E-state index in [0.717, 1.165) is 25.7 Å². The van der Waals surface area contributed by atoms with Crippen molar-refractivity contribution >= 4 is 23.3 Å². The molecule has 0 amide bonds. The summed E-state index contributed by atoms with van der Waals surface area (Å²) in [7, 11) is 0. The summed E-state index contributed by atoms with van der Waals surface area (Å²) in [6, 6.07) is 6.16. The molecule has 1 aromatic rings. The van der Waals surface area contributed by atoms with E-state index in [1.54, 1.807) is 36.4 Å². The van der Waals surface area contributed by atoms with Crippen LogP contribution in [0.5, 0.6) is 0 Å². The van der Waals surface area contributed by atoms with Gasteiger partial charge in [0.15, 0.2) is 0 Å². The number of para-hydroxylation sites is 1. The van der Waals surface area contributed by atoms with Gasteiger partial charge in [-0.3, -0.25) is 4.99 Å². The molecule has 136 valence electrons. The lowest BCUT2D eigenvalue weighted by Crippen LogP contribution is -2.46. The summed E-state index contributed by atoms with van der Waals surface area (Å²) in [6.07, 6.45) is 9.01. The second kappa shape index (κ2) is 7.99. The third-order valence-electron chi connectivity index (χ3n) is 4.72. The number of allylic oxidation sites excluding steroid dienone is 2. The summed E-state index contributed by atoms with van der Waals surface area (Å²) >= 11 is 0. The topological polar surface area (TPSA) is 90.2 Å². The minimum atomic E-state index is -1.02. The minimum absolute atomic E-state index is 0.170. The Morgan fingerprint density at radius 2 is 1.81 bits per heavy atom. The molecule has 3 rings (SSSR count). The lowest BCUT2D eigenvalue weighted by molar-refractivity contribution is -0.132. The number of carboxylic acid groups (broad SMARTS) is 2. The normalized spacial score (nSPS) is 20.6. The molecule has 0 spiro atoms. The van der Waals surface area contributed by atoms with Gasteiger partial charge < -0.3 is 15.1 Å². The number of anilines is 1. The van der Waals surface area contributed by atoms with E-state index in [2.05, 4.69) is 4.99 Å². The molecule has 0 aromatic heterocycles. The van der Waals surface area contributed by atoms with Gasteiger partial charge in [-0.1, -0.05) is 31.1 Å². The maximum atomic E-state index is 11.9. The monoisotopic (exact) mass is 354 g/mol. The minimum Gasteiger partial charge on any atom is -0.478 e. The Morgan fingerprint density at radius 3 is 2.58 bits per heavy atom. The van der Waals surface area contributed by atoms with Gasteiger partial charge in [-0.15, -0.1) is 0 Å². The number of aliphatic carboxylic acids is 1. The number of nitrogens with zero attached hydrogens (tertiary/aromatic N) is 2. The number of carboxylic acids is 2. The Hall–Kier alpha value is -2.89. The van der Waals surface area contributed by atoms with Gasteiger partial charge in [0.25, 0.3) is 0 Å². The standard InChI is InChI=1S/C20H22N2O4/c23-19(24)14-8-3-4-11-17(14)22-13-6-2-1-5-12-21-16-10-7-9-15(18(16)22)20(25)26/h3-4,7-11,18H,1-2,5-6,12-13H2,(H,23,24)(H,25,26).